The molecule has 0 aliphatic rings. The number of esters is 2. The molecule has 0 unspecified atom stereocenters. The average Bonchev–Trinajstić information content (AvgIpc) is 3.34. The van der Waals surface area contributed by atoms with Crippen LogP contribution in [0, 0.1) is 0 Å². The summed E-state index contributed by atoms with van der Waals surface area (Å²) in [6.07, 6.45) is 80.8. The highest BCUT2D eigenvalue weighted by atomic mass is 16.6. The molecule has 0 rings (SSSR count). The molecule has 0 saturated heterocycles. The molecule has 0 aromatic heterocycles. The Morgan fingerprint density at radius 3 is 1.12 bits per heavy atom. The van der Waals surface area contributed by atoms with Crippen molar-refractivity contribution >= 4 is 11.9 Å². The number of ether oxygens (including phenoxy) is 3. The summed E-state index contributed by atoms with van der Waals surface area (Å²) in [4.78, 5) is 25.5. The third kappa shape index (κ3) is 54.9. The summed E-state index contributed by atoms with van der Waals surface area (Å²) in [5.74, 6) is -0.523. The minimum absolute atomic E-state index is 0.0370. The van der Waals surface area contributed by atoms with Crippen LogP contribution in [0.25, 0.3) is 0 Å². The van der Waals surface area contributed by atoms with Gasteiger partial charge in [0, 0.05) is 19.4 Å². The smallest absolute Gasteiger partial charge is 0.306 e. The molecule has 0 aliphatic carbocycles. The van der Waals surface area contributed by atoms with Crippen LogP contribution in [-0.2, 0) is 23.8 Å². The summed E-state index contributed by atoms with van der Waals surface area (Å²) in [5, 5.41) is 0. The van der Waals surface area contributed by atoms with Gasteiger partial charge in [0.1, 0.15) is 6.61 Å². The number of hydrogen-bond acceptors (Lipinski definition) is 5. The van der Waals surface area contributed by atoms with Crippen molar-refractivity contribution in [2.75, 3.05) is 19.8 Å². The predicted octanol–water partition coefficient (Wildman–Crippen LogP) is 19.3. The highest BCUT2D eigenvalue weighted by Crippen LogP contribution is 2.14. The van der Waals surface area contributed by atoms with Crippen LogP contribution in [0.15, 0.2) is 122 Å². The third-order valence-electron chi connectivity index (χ3n) is 11.5. The summed E-state index contributed by atoms with van der Waals surface area (Å²) in [6, 6.07) is 0. The highest BCUT2D eigenvalue weighted by molar-refractivity contribution is 5.70. The topological polar surface area (TPSA) is 61.8 Å². The molecule has 0 heterocycles. The van der Waals surface area contributed by atoms with Crippen LogP contribution in [0.2, 0.25) is 0 Å². The lowest BCUT2D eigenvalue weighted by Crippen LogP contribution is -2.30. The van der Waals surface area contributed by atoms with E-state index in [0.717, 1.165) is 109 Å². The zero-order valence-electron chi connectivity index (χ0n) is 44.3. The van der Waals surface area contributed by atoms with Crippen LogP contribution in [0.3, 0.4) is 0 Å². The molecule has 0 aliphatic heterocycles. The van der Waals surface area contributed by atoms with Crippen molar-refractivity contribution in [2.45, 2.75) is 245 Å². The molecule has 0 spiro atoms. The third-order valence-corrected chi connectivity index (χ3v) is 11.5. The Morgan fingerprint density at radius 2 is 0.691 bits per heavy atom. The first-order valence-electron chi connectivity index (χ1n) is 28.1. The van der Waals surface area contributed by atoms with Gasteiger partial charge in [0.25, 0.3) is 0 Å². The second kappa shape index (κ2) is 57.6. The zero-order chi connectivity index (χ0) is 49.2. The Morgan fingerprint density at radius 1 is 0.338 bits per heavy atom. The zero-order valence-corrected chi connectivity index (χ0v) is 44.3. The molecule has 0 aromatic carbocycles. The summed E-state index contributed by atoms with van der Waals surface area (Å²) in [6.45, 7) is 7.50. The van der Waals surface area contributed by atoms with Gasteiger partial charge in [0.05, 0.1) is 6.61 Å². The second-order valence-electron chi connectivity index (χ2n) is 18.1. The van der Waals surface area contributed by atoms with Crippen molar-refractivity contribution in [2.24, 2.45) is 0 Å². The maximum Gasteiger partial charge on any atom is 0.306 e. The van der Waals surface area contributed by atoms with E-state index in [0.29, 0.717) is 19.4 Å². The maximum absolute atomic E-state index is 12.8. The number of hydrogen-bond donors (Lipinski definition) is 0. The first-order chi connectivity index (χ1) is 33.6. The van der Waals surface area contributed by atoms with E-state index in [9.17, 15) is 9.59 Å². The Bertz CT molecular complexity index is 1390. The summed E-state index contributed by atoms with van der Waals surface area (Å²) < 4.78 is 17.4. The number of carbonyl (C=O) groups excluding carboxylic acids is 2. The van der Waals surface area contributed by atoms with Crippen LogP contribution < -0.4 is 0 Å². The van der Waals surface area contributed by atoms with Crippen molar-refractivity contribution in [3.8, 4) is 0 Å². The van der Waals surface area contributed by atoms with Crippen LogP contribution >= 0.6 is 0 Å². The van der Waals surface area contributed by atoms with Crippen molar-refractivity contribution in [1.29, 1.82) is 0 Å². The fraction of sp³-hybridized carbons (Fsp3) is 0.651. The van der Waals surface area contributed by atoms with E-state index < -0.39 is 6.10 Å². The van der Waals surface area contributed by atoms with Gasteiger partial charge in [-0.1, -0.05) is 251 Å². The van der Waals surface area contributed by atoms with Crippen molar-refractivity contribution in [1.82, 2.24) is 0 Å². The van der Waals surface area contributed by atoms with Gasteiger partial charge in [-0.3, -0.25) is 9.59 Å². The Labute approximate surface area is 420 Å². The van der Waals surface area contributed by atoms with Gasteiger partial charge in [-0.25, -0.2) is 0 Å². The van der Waals surface area contributed by atoms with Crippen LogP contribution in [-0.4, -0.2) is 37.9 Å². The average molecular weight is 942 g/mol. The molecule has 0 aromatic rings. The molecule has 5 nitrogen and oxygen atoms in total. The van der Waals surface area contributed by atoms with E-state index in [-0.39, 0.29) is 31.6 Å². The van der Waals surface area contributed by atoms with E-state index >= 15 is 0 Å². The maximum atomic E-state index is 12.8. The molecular weight excluding hydrogens is 837 g/mol. The number of unbranched alkanes of at least 4 members (excludes halogenated alkanes) is 19. The lowest BCUT2D eigenvalue weighted by molar-refractivity contribution is -0.162. The molecule has 0 N–H and O–H groups in total. The first kappa shape index (κ1) is 64.3. The molecular formula is C63H104O5. The van der Waals surface area contributed by atoms with E-state index in [1.54, 1.807) is 0 Å². The molecule has 0 fully saturated rings. The van der Waals surface area contributed by atoms with Gasteiger partial charge >= 0.3 is 11.9 Å². The van der Waals surface area contributed by atoms with E-state index in [1.807, 2.05) is 6.08 Å². The van der Waals surface area contributed by atoms with Gasteiger partial charge in [-0.05, 0) is 96.3 Å². The fourth-order valence-electron chi connectivity index (χ4n) is 7.41. The van der Waals surface area contributed by atoms with E-state index in [1.165, 1.54) is 89.9 Å². The Balaban J connectivity index is 4.45. The SMILES string of the molecule is CC/C=C\C/C=C\C/C=C\C/C=C\C/C=C\C/C=C\CCC(=O)O[C@H](COCCCCCCCCCCCCCCCCCC)COC(=O)CCCCCC/C=C\C/C=C\C/C=C\C/C=C\CC. The molecule has 5 heteroatoms. The monoisotopic (exact) mass is 941 g/mol. The van der Waals surface area contributed by atoms with Gasteiger partial charge in [0.2, 0.25) is 0 Å². The molecule has 68 heavy (non-hydrogen) atoms. The van der Waals surface area contributed by atoms with Gasteiger partial charge < -0.3 is 14.2 Å². The van der Waals surface area contributed by atoms with Crippen LogP contribution in [0.1, 0.15) is 239 Å². The van der Waals surface area contributed by atoms with Crippen molar-refractivity contribution in [3.63, 3.8) is 0 Å². The molecule has 0 bridgehead atoms. The lowest BCUT2D eigenvalue weighted by atomic mass is 10.0. The van der Waals surface area contributed by atoms with Crippen molar-refractivity contribution < 1.29 is 23.8 Å². The summed E-state index contributed by atoms with van der Waals surface area (Å²) >= 11 is 0. The lowest BCUT2D eigenvalue weighted by Gasteiger charge is -2.18. The molecule has 1 atom stereocenters. The molecule has 0 amide bonds. The molecule has 0 saturated carbocycles. The summed E-state index contributed by atoms with van der Waals surface area (Å²) in [5.41, 5.74) is 0. The quantitative estimate of drug-likeness (QED) is 0.0345. The Hall–Kier alpha value is -3.70. The number of carbonyl (C=O) groups is 2. The standard InChI is InChI=1S/C63H104O5/c1-4-7-10-13-16-19-22-25-28-31-32-34-36-39-42-45-48-51-54-57-63(65)68-61(59-66-58-55-52-49-46-43-40-37-30-27-24-21-18-15-12-9-6-3)60-67-62(64)56-53-50-47-44-41-38-35-33-29-26-23-20-17-14-11-8-5-2/h7-8,10-11,16-17,19-20,25-26,28-29,32,34-35,38-39,42,48,51,61H,4-6,9,12-15,18,21-24,27,30-31,33,36-37,40-41,43-47,49-50,52-60H2,1-3H3/b10-7-,11-8-,19-16-,20-17-,28-25-,29-26-,34-32-,38-35-,42-39-,51-48-/t61-/m1/s1. The van der Waals surface area contributed by atoms with Gasteiger partial charge in [0.15, 0.2) is 6.10 Å². The fourth-order valence-corrected chi connectivity index (χ4v) is 7.41. The minimum atomic E-state index is -0.594. The van der Waals surface area contributed by atoms with Crippen LogP contribution in [0.5, 0.6) is 0 Å². The summed E-state index contributed by atoms with van der Waals surface area (Å²) in [7, 11) is 0. The highest BCUT2D eigenvalue weighted by Gasteiger charge is 2.17. The van der Waals surface area contributed by atoms with Gasteiger partial charge in [-0.2, -0.15) is 0 Å². The van der Waals surface area contributed by atoms with E-state index in [4.69, 9.17) is 14.2 Å². The number of allylic oxidation sites excluding steroid dienone is 20. The number of rotatable bonds is 50. The predicted molar refractivity (Wildman–Crippen MR) is 297 cm³/mol. The Kier molecular flexibility index (Phi) is 54.5. The molecule has 386 valence electrons. The van der Waals surface area contributed by atoms with E-state index in [2.05, 4.69) is 136 Å². The van der Waals surface area contributed by atoms with Crippen molar-refractivity contribution in [3.05, 3.63) is 122 Å². The minimum Gasteiger partial charge on any atom is -0.462 e. The van der Waals surface area contributed by atoms with Gasteiger partial charge in [-0.15, -0.1) is 0 Å². The first-order valence-corrected chi connectivity index (χ1v) is 28.1. The normalized spacial score (nSPS) is 13.2. The second-order valence-corrected chi connectivity index (χ2v) is 18.1. The van der Waals surface area contributed by atoms with Crippen LogP contribution in [0.4, 0.5) is 0 Å². The largest absolute Gasteiger partial charge is 0.462 e. The molecule has 0 radical (unpaired) electrons.